The van der Waals surface area contributed by atoms with Gasteiger partial charge < -0.3 is 27.0 Å². The predicted octanol–water partition coefficient (Wildman–Crippen LogP) is 21.6. The monoisotopic (exact) mass is 1120 g/mol. The SMILES string of the molecule is c1cc(-c2ccc3nc(-c4ccc(-n5c6ccccc6c6c7c(ccc65)oc5ccccc57)cc4)nc(-c4cccc(-n5c6ccccc6c6c7c(ccc65)oc5ccccc57)c4)c3c2)cc(-n2c3ccccc3c3c4c(ccc32)oc2ccccc24)c1. The summed E-state index contributed by atoms with van der Waals surface area (Å²) in [5, 5.41) is 14.7. The molecule has 0 unspecified atom stereocenters. The van der Waals surface area contributed by atoms with Crippen LogP contribution in [-0.2, 0) is 0 Å². The van der Waals surface area contributed by atoms with Crippen LogP contribution in [0, 0.1) is 0 Å². The predicted molar refractivity (Wildman–Crippen MR) is 361 cm³/mol. The van der Waals surface area contributed by atoms with Crippen molar-refractivity contribution in [2.24, 2.45) is 0 Å². The number of hydrogen-bond acceptors (Lipinski definition) is 5. The smallest absolute Gasteiger partial charge is 0.160 e. The highest BCUT2D eigenvalue weighted by Crippen LogP contribution is 2.46. The minimum Gasteiger partial charge on any atom is -0.456 e. The second-order valence-electron chi connectivity index (χ2n) is 23.1. The minimum atomic E-state index is 0.639. The van der Waals surface area contributed by atoms with E-state index in [2.05, 4.69) is 262 Å². The van der Waals surface area contributed by atoms with Gasteiger partial charge in [0.1, 0.15) is 33.5 Å². The summed E-state index contributed by atoms with van der Waals surface area (Å²) >= 11 is 0. The maximum absolute atomic E-state index is 6.47. The summed E-state index contributed by atoms with van der Waals surface area (Å²) in [6, 6.07) is 97.1. The molecule has 0 saturated carbocycles. The molecule has 0 atom stereocenters. The number of furan rings is 3. The summed E-state index contributed by atoms with van der Waals surface area (Å²) in [7, 11) is 0. The van der Waals surface area contributed by atoms with Gasteiger partial charge in [-0.05, 0) is 145 Å². The molecular weight excluding hydrogens is 1080 g/mol. The van der Waals surface area contributed by atoms with E-state index in [-0.39, 0.29) is 0 Å². The van der Waals surface area contributed by atoms with E-state index >= 15 is 0 Å². The van der Waals surface area contributed by atoms with Crippen molar-refractivity contribution in [1.82, 2.24) is 23.7 Å². The van der Waals surface area contributed by atoms with Gasteiger partial charge in [0.05, 0.1) is 44.3 Å². The zero-order valence-corrected chi connectivity index (χ0v) is 46.9. The normalized spacial score (nSPS) is 12.3. The summed E-state index contributed by atoms with van der Waals surface area (Å²) in [6.45, 7) is 0. The number of fused-ring (bicyclic) bond motifs is 22. The van der Waals surface area contributed by atoms with Crippen LogP contribution in [0.3, 0.4) is 0 Å². The Bertz CT molecular complexity index is 6380. The number of benzene rings is 13. The Morgan fingerprint density at radius 1 is 0.227 bits per heavy atom. The molecule has 8 heteroatoms. The summed E-state index contributed by atoms with van der Waals surface area (Å²) in [5.74, 6) is 0.639. The van der Waals surface area contributed by atoms with Gasteiger partial charge >= 0.3 is 0 Å². The standard InChI is InChI=1S/C80H45N5O3/c1-7-25-61-53(19-1)73-64(37-40-70-76(73)56-22-4-10-28-67(56)86-70)83(61)50-34-31-46(32-35-50)80-81-60-36-33-48(47-15-13-17-51(43-47)84-62-26-8-2-20-54(62)74-65(84)38-41-71-77(74)57-23-5-11-29-68(57)87-71)45-59(60)79(82-80)49-16-14-18-52(44-49)85-63-27-9-3-21-55(63)75-66(85)39-42-72-78(75)58-24-6-12-30-69(58)88-72/h1-45H. The lowest BCUT2D eigenvalue weighted by molar-refractivity contribution is 0.669. The quantitative estimate of drug-likeness (QED) is 0.166. The van der Waals surface area contributed by atoms with Crippen LogP contribution in [0.25, 0.3) is 193 Å². The molecule has 20 aromatic rings. The van der Waals surface area contributed by atoms with Crippen molar-refractivity contribution in [1.29, 1.82) is 0 Å². The lowest BCUT2D eigenvalue weighted by Gasteiger charge is -2.14. The first-order valence-electron chi connectivity index (χ1n) is 29.8. The fourth-order valence-corrected chi connectivity index (χ4v) is 14.7. The molecule has 408 valence electrons. The van der Waals surface area contributed by atoms with Crippen molar-refractivity contribution in [2.45, 2.75) is 0 Å². The molecular formula is C80H45N5O3. The van der Waals surface area contributed by atoms with Crippen LogP contribution < -0.4 is 0 Å². The first-order chi connectivity index (χ1) is 43.6. The van der Waals surface area contributed by atoms with E-state index in [9.17, 15) is 0 Å². The topological polar surface area (TPSA) is 80.0 Å². The number of hydrogen-bond donors (Lipinski definition) is 0. The summed E-state index contributed by atoms with van der Waals surface area (Å²) in [6.07, 6.45) is 0. The maximum Gasteiger partial charge on any atom is 0.160 e. The molecule has 0 aliphatic rings. The van der Waals surface area contributed by atoms with Crippen LogP contribution in [-0.4, -0.2) is 23.7 Å². The Hall–Kier alpha value is -12.0. The summed E-state index contributed by atoms with van der Waals surface area (Å²) < 4.78 is 26.4. The van der Waals surface area contributed by atoms with Gasteiger partial charge in [-0.15, -0.1) is 0 Å². The van der Waals surface area contributed by atoms with Crippen LogP contribution in [0.15, 0.2) is 286 Å². The Kier molecular flexibility index (Phi) is 9.57. The minimum absolute atomic E-state index is 0.639. The molecule has 13 aromatic carbocycles. The third-order valence-corrected chi connectivity index (χ3v) is 18.4. The zero-order valence-electron chi connectivity index (χ0n) is 46.9. The average Bonchev–Trinajstić information content (AvgIpc) is 1.81. The molecule has 0 N–H and O–H groups in total. The largest absolute Gasteiger partial charge is 0.456 e. The third kappa shape index (κ3) is 6.62. The molecule has 88 heavy (non-hydrogen) atoms. The van der Waals surface area contributed by atoms with Crippen molar-refractivity contribution in [2.75, 3.05) is 0 Å². The molecule has 8 nitrogen and oxygen atoms in total. The van der Waals surface area contributed by atoms with Gasteiger partial charge in [0, 0.05) is 98.2 Å². The van der Waals surface area contributed by atoms with Crippen molar-refractivity contribution in [3.8, 4) is 50.8 Å². The highest BCUT2D eigenvalue weighted by atomic mass is 16.3. The maximum atomic E-state index is 6.47. The number of nitrogens with zero attached hydrogens (tertiary/aromatic N) is 5. The molecule has 20 rings (SSSR count). The van der Waals surface area contributed by atoms with Gasteiger partial charge in [0.15, 0.2) is 5.82 Å². The van der Waals surface area contributed by atoms with E-state index in [0.29, 0.717) is 5.82 Å². The Labute approximate surface area is 500 Å². The highest BCUT2D eigenvalue weighted by molar-refractivity contribution is 6.30. The van der Waals surface area contributed by atoms with Gasteiger partial charge in [-0.25, -0.2) is 9.97 Å². The molecule has 7 aromatic heterocycles. The van der Waals surface area contributed by atoms with Crippen molar-refractivity contribution in [3.63, 3.8) is 0 Å². The summed E-state index contributed by atoms with van der Waals surface area (Å²) in [5.41, 5.74) is 20.8. The average molecular weight is 1120 g/mol. The zero-order chi connectivity index (χ0) is 57.3. The van der Waals surface area contributed by atoms with Crippen LogP contribution in [0.4, 0.5) is 0 Å². The van der Waals surface area contributed by atoms with Crippen LogP contribution in [0.2, 0.25) is 0 Å². The number of aromatic nitrogens is 5. The molecule has 0 radical (unpaired) electrons. The van der Waals surface area contributed by atoms with E-state index in [1.54, 1.807) is 0 Å². The Morgan fingerprint density at radius 2 is 0.625 bits per heavy atom. The second kappa shape index (κ2) is 17.8. The molecule has 0 spiro atoms. The van der Waals surface area contributed by atoms with Gasteiger partial charge in [-0.1, -0.05) is 140 Å². The molecule has 0 saturated heterocycles. The van der Waals surface area contributed by atoms with Gasteiger partial charge in [0.25, 0.3) is 0 Å². The Balaban J connectivity index is 0.768. The van der Waals surface area contributed by atoms with Crippen LogP contribution >= 0.6 is 0 Å². The lowest BCUT2D eigenvalue weighted by atomic mass is 9.99. The molecule has 0 fully saturated rings. The summed E-state index contributed by atoms with van der Waals surface area (Å²) in [4.78, 5) is 11.1. The van der Waals surface area contributed by atoms with E-state index in [1.165, 1.54) is 32.3 Å². The highest BCUT2D eigenvalue weighted by Gasteiger charge is 2.24. The molecule has 0 bridgehead atoms. The molecule has 0 amide bonds. The first-order valence-corrected chi connectivity index (χ1v) is 29.8. The number of para-hydroxylation sites is 6. The van der Waals surface area contributed by atoms with E-state index in [1.807, 2.05) is 24.3 Å². The van der Waals surface area contributed by atoms with E-state index in [4.69, 9.17) is 23.2 Å². The van der Waals surface area contributed by atoms with Crippen LogP contribution in [0.5, 0.6) is 0 Å². The van der Waals surface area contributed by atoms with Crippen molar-refractivity contribution < 1.29 is 13.3 Å². The van der Waals surface area contributed by atoms with E-state index < -0.39 is 0 Å². The molecule has 0 aliphatic carbocycles. The first kappa shape index (κ1) is 47.4. The van der Waals surface area contributed by atoms with Gasteiger partial charge in [0.2, 0.25) is 0 Å². The molecule has 7 heterocycles. The van der Waals surface area contributed by atoms with Gasteiger partial charge in [-0.2, -0.15) is 0 Å². The van der Waals surface area contributed by atoms with Crippen LogP contribution in [0.1, 0.15) is 0 Å². The number of rotatable bonds is 6. The van der Waals surface area contributed by atoms with Gasteiger partial charge in [-0.3, -0.25) is 0 Å². The van der Waals surface area contributed by atoms with Crippen molar-refractivity contribution in [3.05, 3.63) is 273 Å². The molecule has 0 aliphatic heterocycles. The fraction of sp³-hybridized carbons (Fsp3) is 0. The second-order valence-corrected chi connectivity index (χ2v) is 23.1. The van der Waals surface area contributed by atoms with E-state index in [0.717, 1.165) is 155 Å². The van der Waals surface area contributed by atoms with Crippen molar-refractivity contribution >= 4 is 142 Å². The lowest BCUT2D eigenvalue weighted by Crippen LogP contribution is -1.99. The third-order valence-electron chi connectivity index (χ3n) is 18.4. The fourth-order valence-electron chi connectivity index (χ4n) is 14.7. The Morgan fingerprint density at radius 3 is 1.11 bits per heavy atom.